The van der Waals surface area contributed by atoms with Crippen LogP contribution in [0.25, 0.3) is 0 Å². The number of rotatable bonds is 7. The minimum Gasteiger partial charge on any atom is -0.487 e. The van der Waals surface area contributed by atoms with Gasteiger partial charge in [-0.15, -0.1) is 0 Å². The van der Waals surface area contributed by atoms with Crippen LogP contribution in [0.2, 0.25) is 0 Å². The molecule has 0 aliphatic carbocycles. The predicted octanol–water partition coefficient (Wildman–Crippen LogP) is 2.27. The molecule has 0 radical (unpaired) electrons. The van der Waals surface area contributed by atoms with Crippen LogP contribution >= 0.6 is 12.2 Å². The van der Waals surface area contributed by atoms with Gasteiger partial charge >= 0.3 is 6.03 Å². The SMILES string of the molecule is CCCCNC(=O)Nc1ccc(OCC(N)=S)cc1. The van der Waals surface area contributed by atoms with E-state index in [2.05, 4.69) is 17.6 Å². The van der Waals surface area contributed by atoms with Gasteiger partial charge in [-0.05, 0) is 30.7 Å². The number of urea groups is 1. The van der Waals surface area contributed by atoms with Crippen LogP contribution in [0, 0.1) is 0 Å². The van der Waals surface area contributed by atoms with Crippen molar-refractivity contribution in [2.24, 2.45) is 5.73 Å². The summed E-state index contributed by atoms with van der Waals surface area (Å²) in [7, 11) is 0. The third-order valence-corrected chi connectivity index (χ3v) is 2.43. The highest BCUT2D eigenvalue weighted by Crippen LogP contribution is 2.15. The molecule has 2 amide bonds. The molecule has 0 atom stereocenters. The van der Waals surface area contributed by atoms with Crippen LogP contribution in [-0.4, -0.2) is 24.2 Å². The van der Waals surface area contributed by atoms with E-state index in [1.54, 1.807) is 24.3 Å². The van der Waals surface area contributed by atoms with Gasteiger partial charge in [-0.25, -0.2) is 4.79 Å². The van der Waals surface area contributed by atoms with Gasteiger partial charge < -0.3 is 21.1 Å². The Hall–Kier alpha value is -1.82. The summed E-state index contributed by atoms with van der Waals surface area (Å²) in [6, 6.07) is 6.81. The fourth-order valence-corrected chi connectivity index (χ4v) is 1.40. The largest absolute Gasteiger partial charge is 0.487 e. The lowest BCUT2D eigenvalue weighted by Gasteiger charge is -2.08. The first-order chi connectivity index (χ1) is 9.11. The van der Waals surface area contributed by atoms with Crippen molar-refractivity contribution in [3.8, 4) is 5.75 Å². The maximum Gasteiger partial charge on any atom is 0.319 e. The number of hydrogen-bond donors (Lipinski definition) is 3. The number of benzene rings is 1. The van der Waals surface area contributed by atoms with Gasteiger partial charge in [-0.3, -0.25) is 0 Å². The van der Waals surface area contributed by atoms with E-state index >= 15 is 0 Å². The summed E-state index contributed by atoms with van der Waals surface area (Å²) >= 11 is 4.72. The molecule has 0 heterocycles. The topological polar surface area (TPSA) is 76.4 Å². The molecule has 0 unspecified atom stereocenters. The normalized spacial score (nSPS) is 9.74. The number of anilines is 1. The molecule has 0 aromatic heterocycles. The van der Waals surface area contributed by atoms with E-state index in [-0.39, 0.29) is 12.6 Å². The average Bonchev–Trinajstić information content (AvgIpc) is 2.38. The number of carbonyl (C=O) groups is 1. The van der Waals surface area contributed by atoms with E-state index in [4.69, 9.17) is 22.7 Å². The Labute approximate surface area is 118 Å². The average molecular weight is 281 g/mol. The molecule has 0 aliphatic rings. The van der Waals surface area contributed by atoms with Gasteiger partial charge in [0.25, 0.3) is 0 Å². The van der Waals surface area contributed by atoms with Crippen LogP contribution in [0.3, 0.4) is 0 Å². The molecule has 1 aromatic carbocycles. The summed E-state index contributed by atoms with van der Waals surface area (Å²) < 4.78 is 5.31. The minimum absolute atomic E-state index is 0.203. The fraction of sp³-hybridized carbons (Fsp3) is 0.385. The molecular weight excluding hydrogens is 262 g/mol. The summed E-state index contributed by atoms with van der Waals surface area (Å²) in [6.07, 6.45) is 2.02. The quantitative estimate of drug-likeness (QED) is 0.529. The molecule has 19 heavy (non-hydrogen) atoms. The highest BCUT2D eigenvalue weighted by atomic mass is 32.1. The first-order valence-electron chi connectivity index (χ1n) is 6.18. The van der Waals surface area contributed by atoms with E-state index < -0.39 is 0 Å². The monoisotopic (exact) mass is 281 g/mol. The molecule has 0 fully saturated rings. The second kappa shape index (κ2) is 8.31. The number of carbonyl (C=O) groups excluding carboxylic acids is 1. The van der Waals surface area contributed by atoms with Crippen molar-refractivity contribution in [1.82, 2.24) is 5.32 Å². The van der Waals surface area contributed by atoms with E-state index in [1.807, 2.05) is 0 Å². The zero-order valence-electron chi connectivity index (χ0n) is 10.9. The minimum atomic E-state index is -0.203. The number of nitrogens with one attached hydrogen (secondary N) is 2. The molecule has 1 aromatic rings. The van der Waals surface area contributed by atoms with E-state index in [0.717, 1.165) is 12.8 Å². The number of amides is 2. The van der Waals surface area contributed by atoms with Crippen LogP contribution in [0.5, 0.6) is 5.75 Å². The van der Waals surface area contributed by atoms with Crippen molar-refractivity contribution in [3.05, 3.63) is 24.3 Å². The van der Waals surface area contributed by atoms with E-state index in [0.29, 0.717) is 23.0 Å². The maximum absolute atomic E-state index is 11.5. The van der Waals surface area contributed by atoms with Crippen LogP contribution in [-0.2, 0) is 0 Å². The highest BCUT2D eigenvalue weighted by Gasteiger charge is 2.01. The third-order valence-electron chi connectivity index (χ3n) is 2.31. The van der Waals surface area contributed by atoms with Crippen molar-refractivity contribution >= 4 is 28.9 Å². The standard InChI is InChI=1S/C13H19N3O2S/c1-2-3-8-15-13(17)16-10-4-6-11(7-5-10)18-9-12(14)19/h4-7H,2-3,8-9H2,1H3,(H2,14,19)(H2,15,16,17). The Morgan fingerprint density at radius 2 is 2.05 bits per heavy atom. The molecule has 0 saturated heterocycles. The number of hydrogen-bond acceptors (Lipinski definition) is 3. The summed E-state index contributed by atoms with van der Waals surface area (Å²) in [6.45, 7) is 2.96. The first-order valence-corrected chi connectivity index (χ1v) is 6.58. The molecule has 0 spiro atoms. The van der Waals surface area contributed by atoms with Crippen LogP contribution in [0.4, 0.5) is 10.5 Å². The maximum atomic E-state index is 11.5. The highest BCUT2D eigenvalue weighted by molar-refractivity contribution is 7.80. The molecule has 6 heteroatoms. The number of unbranched alkanes of at least 4 members (excludes halogenated alkanes) is 1. The molecule has 4 N–H and O–H groups in total. The smallest absolute Gasteiger partial charge is 0.319 e. The van der Waals surface area contributed by atoms with Crippen molar-refractivity contribution < 1.29 is 9.53 Å². The molecule has 0 aliphatic heterocycles. The summed E-state index contributed by atoms with van der Waals surface area (Å²) in [5, 5.41) is 5.51. The predicted molar refractivity (Wildman–Crippen MR) is 80.7 cm³/mol. The Kier molecular flexibility index (Phi) is 6.67. The Bertz CT molecular complexity index is 420. The molecule has 0 bridgehead atoms. The van der Waals surface area contributed by atoms with Crippen molar-refractivity contribution in [3.63, 3.8) is 0 Å². The number of nitrogens with two attached hydrogens (primary N) is 1. The second-order valence-corrected chi connectivity index (χ2v) is 4.54. The van der Waals surface area contributed by atoms with Crippen LogP contribution in [0.1, 0.15) is 19.8 Å². The lowest BCUT2D eigenvalue weighted by atomic mass is 10.3. The van der Waals surface area contributed by atoms with Gasteiger partial charge in [0.2, 0.25) is 0 Å². The van der Waals surface area contributed by atoms with Crippen molar-refractivity contribution in [1.29, 1.82) is 0 Å². The van der Waals surface area contributed by atoms with Gasteiger partial charge in [-0.2, -0.15) is 0 Å². The fourth-order valence-electron chi connectivity index (χ4n) is 1.34. The lowest BCUT2D eigenvalue weighted by Crippen LogP contribution is -2.29. The lowest BCUT2D eigenvalue weighted by molar-refractivity contribution is 0.252. The summed E-state index contributed by atoms with van der Waals surface area (Å²) in [5.74, 6) is 0.657. The zero-order valence-corrected chi connectivity index (χ0v) is 11.8. The van der Waals surface area contributed by atoms with Crippen molar-refractivity contribution in [2.45, 2.75) is 19.8 Å². The van der Waals surface area contributed by atoms with Gasteiger partial charge in [0, 0.05) is 12.2 Å². The van der Waals surface area contributed by atoms with Gasteiger partial charge in [0.15, 0.2) is 0 Å². The Morgan fingerprint density at radius 1 is 1.37 bits per heavy atom. The Morgan fingerprint density at radius 3 is 2.63 bits per heavy atom. The molecule has 0 saturated carbocycles. The van der Waals surface area contributed by atoms with Gasteiger partial charge in [0.1, 0.15) is 17.3 Å². The van der Waals surface area contributed by atoms with Crippen molar-refractivity contribution in [2.75, 3.05) is 18.5 Å². The molecule has 5 nitrogen and oxygen atoms in total. The second-order valence-electron chi connectivity index (χ2n) is 4.01. The van der Waals surface area contributed by atoms with E-state index in [1.165, 1.54) is 0 Å². The first kappa shape index (κ1) is 15.2. The number of thiocarbonyl (C=S) groups is 1. The summed E-state index contributed by atoms with van der Waals surface area (Å²) in [4.78, 5) is 11.8. The summed E-state index contributed by atoms with van der Waals surface area (Å²) in [5.41, 5.74) is 6.04. The molecular formula is C13H19N3O2S. The molecule has 104 valence electrons. The Balaban J connectivity index is 2.39. The van der Waals surface area contributed by atoms with Gasteiger partial charge in [0.05, 0.1) is 0 Å². The third kappa shape index (κ3) is 6.61. The van der Waals surface area contributed by atoms with Crippen LogP contribution in [0.15, 0.2) is 24.3 Å². The van der Waals surface area contributed by atoms with E-state index in [9.17, 15) is 4.79 Å². The zero-order chi connectivity index (χ0) is 14.1. The van der Waals surface area contributed by atoms with Crippen LogP contribution < -0.4 is 21.1 Å². The van der Waals surface area contributed by atoms with Gasteiger partial charge in [-0.1, -0.05) is 25.6 Å². The number of ether oxygens (including phenoxy) is 1. The molecule has 1 rings (SSSR count).